The molecule has 90 valence electrons. The lowest BCUT2D eigenvalue weighted by atomic mass is 9.96. The van der Waals surface area contributed by atoms with Gasteiger partial charge in [-0.15, -0.1) is 0 Å². The van der Waals surface area contributed by atoms with Crippen LogP contribution in [0.5, 0.6) is 0 Å². The van der Waals surface area contributed by atoms with Crippen molar-refractivity contribution in [2.75, 3.05) is 20.6 Å². The van der Waals surface area contributed by atoms with E-state index in [1.165, 1.54) is 17.5 Å². The highest BCUT2D eigenvalue weighted by atomic mass is 15.1. The number of hydrogen-bond donors (Lipinski definition) is 1. The van der Waals surface area contributed by atoms with E-state index in [9.17, 15) is 0 Å². The average molecular weight is 220 g/mol. The highest BCUT2D eigenvalue weighted by Crippen LogP contribution is 2.22. The van der Waals surface area contributed by atoms with Crippen LogP contribution in [0.25, 0.3) is 0 Å². The van der Waals surface area contributed by atoms with Crippen molar-refractivity contribution in [3.05, 3.63) is 35.4 Å². The first-order valence-corrected chi connectivity index (χ1v) is 6.06. The fraction of sp³-hybridized carbons (Fsp3) is 0.571. The van der Waals surface area contributed by atoms with Crippen LogP contribution in [0.2, 0.25) is 0 Å². The fourth-order valence-electron chi connectivity index (χ4n) is 1.93. The van der Waals surface area contributed by atoms with Gasteiger partial charge in [0.1, 0.15) is 0 Å². The smallest absolute Gasteiger partial charge is 0.0464 e. The van der Waals surface area contributed by atoms with Crippen molar-refractivity contribution in [1.82, 2.24) is 4.90 Å². The van der Waals surface area contributed by atoms with E-state index in [4.69, 9.17) is 5.73 Å². The van der Waals surface area contributed by atoms with E-state index in [0.29, 0.717) is 18.5 Å². The van der Waals surface area contributed by atoms with E-state index in [-0.39, 0.29) is 0 Å². The maximum Gasteiger partial charge on any atom is 0.0464 e. The summed E-state index contributed by atoms with van der Waals surface area (Å²) in [5, 5.41) is 0. The average Bonchev–Trinajstić information content (AvgIpc) is 2.29. The van der Waals surface area contributed by atoms with E-state index in [1.807, 2.05) is 0 Å². The zero-order valence-corrected chi connectivity index (χ0v) is 10.9. The number of rotatable bonds is 5. The van der Waals surface area contributed by atoms with Gasteiger partial charge in [0.2, 0.25) is 0 Å². The molecule has 0 aliphatic rings. The predicted molar refractivity (Wildman–Crippen MR) is 70.6 cm³/mol. The van der Waals surface area contributed by atoms with Crippen molar-refractivity contribution < 1.29 is 0 Å². The Morgan fingerprint density at radius 2 is 1.62 bits per heavy atom. The van der Waals surface area contributed by atoms with Crippen molar-refractivity contribution in [3.63, 3.8) is 0 Å². The summed E-state index contributed by atoms with van der Waals surface area (Å²) in [5.74, 6) is 0.643. The summed E-state index contributed by atoms with van der Waals surface area (Å²) in [7, 11) is 4.14. The zero-order chi connectivity index (χ0) is 12.1. The van der Waals surface area contributed by atoms with Crippen LogP contribution in [0, 0.1) is 0 Å². The molecule has 0 spiro atoms. The molecule has 0 aliphatic heterocycles. The summed E-state index contributed by atoms with van der Waals surface area (Å²) in [6.07, 6.45) is 1.19. The molecule has 2 atom stereocenters. The van der Waals surface area contributed by atoms with E-state index in [1.54, 1.807) is 0 Å². The van der Waals surface area contributed by atoms with Crippen molar-refractivity contribution in [3.8, 4) is 0 Å². The molecule has 0 radical (unpaired) electrons. The van der Waals surface area contributed by atoms with Gasteiger partial charge in [-0.2, -0.15) is 0 Å². The first-order valence-electron chi connectivity index (χ1n) is 6.06. The largest absolute Gasteiger partial charge is 0.329 e. The third-order valence-corrected chi connectivity index (χ3v) is 3.35. The molecule has 0 fully saturated rings. The summed E-state index contributed by atoms with van der Waals surface area (Å²) in [6.45, 7) is 5.15. The van der Waals surface area contributed by atoms with Gasteiger partial charge in [0.25, 0.3) is 0 Å². The Kier molecular flexibility index (Phi) is 4.97. The monoisotopic (exact) mass is 220 g/mol. The molecule has 2 heteroatoms. The Morgan fingerprint density at radius 1 is 1.12 bits per heavy atom. The fourth-order valence-corrected chi connectivity index (χ4v) is 1.93. The maximum absolute atomic E-state index is 5.79. The molecule has 0 heterocycles. The van der Waals surface area contributed by atoms with Crippen molar-refractivity contribution in [2.45, 2.75) is 32.2 Å². The molecule has 1 aromatic rings. The minimum absolute atomic E-state index is 0.325. The molecule has 0 aromatic heterocycles. The molecular formula is C14H24N2. The first-order chi connectivity index (χ1) is 7.60. The Morgan fingerprint density at radius 3 is 2.00 bits per heavy atom. The quantitative estimate of drug-likeness (QED) is 0.826. The lowest BCUT2D eigenvalue weighted by molar-refractivity contribution is 0.306. The van der Waals surface area contributed by atoms with Crippen LogP contribution in [0.3, 0.4) is 0 Å². The summed E-state index contributed by atoms with van der Waals surface area (Å²) in [5.41, 5.74) is 8.51. The van der Waals surface area contributed by atoms with Gasteiger partial charge in [0.15, 0.2) is 0 Å². The van der Waals surface area contributed by atoms with Crippen LogP contribution in [0.4, 0.5) is 0 Å². The van der Waals surface area contributed by atoms with Crippen LogP contribution in [-0.2, 0) is 0 Å². The van der Waals surface area contributed by atoms with Gasteiger partial charge in [-0.05, 0) is 37.6 Å². The van der Waals surface area contributed by atoms with Crippen LogP contribution in [0.1, 0.15) is 43.4 Å². The van der Waals surface area contributed by atoms with Gasteiger partial charge >= 0.3 is 0 Å². The van der Waals surface area contributed by atoms with Crippen molar-refractivity contribution >= 4 is 0 Å². The highest BCUT2D eigenvalue weighted by Gasteiger charge is 2.12. The molecule has 0 saturated carbocycles. The number of likely N-dealkylation sites (N-methyl/N-ethyl adjacent to an activating group) is 1. The molecule has 0 aliphatic carbocycles. The van der Waals surface area contributed by atoms with Gasteiger partial charge in [-0.3, -0.25) is 0 Å². The Balaban J connectivity index is 2.85. The number of nitrogens with two attached hydrogens (primary N) is 1. The van der Waals surface area contributed by atoms with Crippen LogP contribution in [-0.4, -0.2) is 25.5 Å². The van der Waals surface area contributed by atoms with Gasteiger partial charge in [-0.25, -0.2) is 0 Å². The van der Waals surface area contributed by atoms with E-state index in [0.717, 1.165) is 0 Å². The molecule has 0 saturated heterocycles. The summed E-state index contributed by atoms with van der Waals surface area (Å²) in [6, 6.07) is 9.20. The molecule has 2 N–H and O–H groups in total. The summed E-state index contributed by atoms with van der Waals surface area (Å²) < 4.78 is 0. The predicted octanol–water partition coefficient (Wildman–Crippen LogP) is 2.76. The SMILES string of the molecule is CCC(C)c1ccc(C(CN)N(C)C)cc1. The minimum atomic E-state index is 0.325. The second kappa shape index (κ2) is 6.02. The van der Waals surface area contributed by atoms with E-state index < -0.39 is 0 Å². The Hall–Kier alpha value is -0.860. The van der Waals surface area contributed by atoms with Crippen molar-refractivity contribution in [1.29, 1.82) is 0 Å². The Bertz CT molecular complexity index is 303. The molecule has 16 heavy (non-hydrogen) atoms. The van der Waals surface area contributed by atoms with Gasteiger partial charge in [-0.1, -0.05) is 38.1 Å². The van der Waals surface area contributed by atoms with Crippen LogP contribution < -0.4 is 5.73 Å². The molecule has 2 unspecified atom stereocenters. The summed E-state index contributed by atoms with van der Waals surface area (Å²) >= 11 is 0. The number of hydrogen-bond acceptors (Lipinski definition) is 2. The first kappa shape index (κ1) is 13.2. The molecule has 0 bridgehead atoms. The molecule has 1 rings (SSSR count). The summed E-state index contributed by atoms with van der Waals surface area (Å²) in [4.78, 5) is 2.16. The topological polar surface area (TPSA) is 29.3 Å². The zero-order valence-electron chi connectivity index (χ0n) is 10.9. The third kappa shape index (κ3) is 3.06. The molecule has 2 nitrogen and oxygen atoms in total. The molecular weight excluding hydrogens is 196 g/mol. The van der Waals surface area contributed by atoms with Crippen LogP contribution >= 0.6 is 0 Å². The second-order valence-electron chi connectivity index (χ2n) is 4.69. The number of nitrogens with zero attached hydrogens (tertiary/aromatic N) is 1. The highest BCUT2D eigenvalue weighted by molar-refractivity contribution is 5.27. The minimum Gasteiger partial charge on any atom is -0.329 e. The van der Waals surface area contributed by atoms with E-state index in [2.05, 4.69) is 57.1 Å². The Labute approximate surface area is 99.5 Å². The van der Waals surface area contributed by atoms with Gasteiger partial charge < -0.3 is 10.6 Å². The standard InChI is InChI=1S/C14H24N2/c1-5-11(2)12-6-8-13(9-7-12)14(10-15)16(3)4/h6-9,11,14H,5,10,15H2,1-4H3. The third-order valence-electron chi connectivity index (χ3n) is 3.35. The molecule has 0 amide bonds. The second-order valence-corrected chi connectivity index (χ2v) is 4.69. The van der Waals surface area contributed by atoms with Gasteiger partial charge in [0.05, 0.1) is 0 Å². The van der Waals surface area contributed by atoms with Crippen LogP contribution in [0.15, 0.2) is 24.3 Å². The lowest BCUT2D eigenvalue weighted by Gasteiger charge is -2.23. The lowest BCUT2D eigenvalue weighted by Crippen LogP contribution is -2.27. The van der Waals surface area contributed by atoms with Gasteiger partial charge in [0, 0.05) is 12.6 Å². The number of benzene rings is 1. The van der Waals surface area contributed by atoms with Crippen molar-refractivity contribution in [2.24, 2.45) is 5.73 Å². The molecule has 1 aromatic carbocycles. The normalized spacial score (nSPS) is 15.1. The van der Waals surface area contributed by atoms with E-state index >= 15 is 0 Å². The maximum atomic E-state index is 5.79.